The zero-order valence-electron chi connectivity index (χ0n) is 14.8. The van der Waals surface area contributed by atoms with Gasteiger partial charge in [-0.25, -0.2) is 0 Å². The first-order valence-corrected chi connectivity index (χ1v) is 8.49. The van der Waals surface area contributed by atoms with E-state index < -0.39 is 0 Å². The van der Waals surface area contributed by atoms with Crippen LogP contribution < -0.4 is 0 Å². The quantitative estimate of drug-likeness (QED) is 0.622. The van der Waals surface area contributed by atoms with Crippen molar-refractivity contribution in [2.24, 2.45) is 17.3 Å². The van der Waals surface area contributed by atoms with Gasteiger partial charge in [0.25, 0.3) is 0 Å². The largest absolute Gasteiger partial charge is 0.348 e. The van der Waals surface area contributed by atoms with Crippen LogP contribution in [0.4, 0.5) is 0 Å². The molecule has 0 N–H and O–H groups in total. The third-order valence-electron chi connectivity index (χ3n) is 4.51. The number of rotatable bonds is 7. The molecule has 1 aliphatic rings. The maximum atomic E-state index is 6.06. The van der Waals surface area contributed by atoms with Crippen LogP contribution in [0.25, 0.3) is 0 Å². The Kier molecular flexibility index (Phi) is 6.53. The molecule has 0 saturated carbocycles. The number of ether oxygens (including phenoxy) is 2. The lowest BCUT2D eigenvalue weighted by molar-refractivity contribution is -0.156. The zero-order valence-corrected chi connectivity index (χ0v) is 14.8. The number of hydrogen-bond donors (Lipinski definition) is 0. The summed E-state index contributed by atoms with van der Waals surface area (Å²) in [6.07, 6.45) is 6.28. The molecule has 2 heteroatoms. The van der Waals surface area contributed by atoms with Crippen LogP contribution in [0.3, 0.4) is 0 Å². The maximum Gasteiger partial charge on any atom is 0.165 e. The Morgan fingerprint density at radius 2 is 1.90 bits per heavy atom. The van der Waals surface area contributed by atoms with Gasteiger partial charge < -0.3 is 9.47 Å². The van der Waals surface area contributed by atoms with Crippen LogP contribution in [-0.2, 0) is 9.47 Å². The van der Waals surface area contributed by atoms with E-state index in [1.807, 2.05) is 0 Å². The van der Waals surface area contributed by atoms with Crippen LogP contribution >= 0.6 is 0 Å². The van der Waals surface area contributed by atoms with Crippen molar-refractivity contribution in [3.05, 3.63) is 0 Å². The molecule has 0 aromatic heterocycles. The van der Waals surface area contributed by atoms with E-state index in [0.29, 0.717) is 11.5 Å². The van der Waals surface area contributed by atoms with Crippen LogP contribution in [0, 0.1) is 17.3 Å². The fourth-order valence-electron chi connectivity index (χ4n) is 3.37. The van der Waals surface area contributed by atoms with Gasteiger partial charge in [0.15, 0.2) is 5.79 Å². The van der Waals surface area contributed by atoms with Gasteiger partial charge in [0, 0.05) is 0 Å². The van der Waals surface area contributed by atoms with Gasteiger partial charge in [-0.2, -0.15) is 0 Å². The molecule has 0 spiro atoms. The first kappa shape index (κ1) is 18.0. The fourth-order valence-corrected chi connectivity index (χ4v) is 3.37. The summed E-state index contributed by atoms with van der Waals surface area (Å²) in [4.78, 5) is 0. The minimum atomic E-state index is -0.333. The molecule has 20 heavy (non-hydrogen) atoms. The Morgan fingerprint density at radius 1 is 1.25 bits per heavy atom. The second-order valence-corrected chi connectivity index (χ2v) is 8.15. The molecule has 0 radical (unpaired) electrons. The van der Waals surface area contributed by atoms with Crippen LogP contribution in [0.1, 0.15) is 80.6 Å². The summed E-state index contributed by atoms with van der Waals surface area (Å²) < 4.78 is 11.9. The van der Waals surface area contributed by atoms with Crippen molar-refractivity contribution < 1.29 is 9.47 Å². The van der Waals surface area contributed by atoms with E-state index in [4.69, 9.17) is 9.47 Å². The van der Waals surface area contributed by atoms with Crippen molar-refractivity contribution in [1.82, 2.24) is 0 Å². The third-order valence-corrected chi connectivity index (χ3v) is 4.51. The Labute approximate surface area is 126 Å². The highest BCUT2D eigenvalue weighted by Crippen LogP contribution is 2.34. The predicted octanol–water partition coefficient (Wildman–Crippen LogP) is 5.41. The molecule has 0 aromatic carbocycles. The van der Waals surface area contributed by atoms with Gasteiger partial charge in [-0.05, 0) is 49.9 Å². The predicted molar refractivity (Wildman–Crippen MR) is 85.8 cm³/mol. The minimum absolute atomic E-state index is 0.294. The molecular weight excluding hydrogens is 248 g/mol. The molecule has 0 aromatic rings. The molecule has 4 unspecified atom stereocenters. The van der Waals surface area contributed by atoms with E-state index in [9.17, 15) is 0 Å². The average Bonchev–Trinajstić information content (AvgIpc) is 2.69. The molecule has 4 atom stereocenters. The minimum Gasteiger partial charge on any atom is -0.348 e. The summed E-state index contributed by atoms with van der Waals surface area (Å²) in [5, 5.41) is 0. The first-order chi connectivity index (χ1) is 9.17. The lowest BCUT2D eigenvalue weighted by Gasteiger charge is -2.28. The van der Waals surface area contributed by atoms with E-state index in [1.165, 1.54) is 19.3 Å². The van der Waals surface area contributed by atoms with E-state index in [-0.39, 0.29) is 5.79 Å². The van der Waals surface area contributed by atoms with Crippen molar-refractivity contribution in [2.75, 3.05) is 6.61 Å². The Hall–Kier alpha value is -0.0800. The molecule has 0 aliphatic carbocycles. The lowest BCUT2D eigenvalue weighted by Crippen LogP contribution is -2.26. The van der Waals surface area contributed by atoms with Crippen molar-refractivity contribution >= 4 is 0 Å². The van der Waals surface area contributed by atoms with Gasteiger partial charge in [0.1, 0.15) is 0 Å². The van der Waals surface area contributed by atoms with E-state index in [1.54, 1.807) is 0 Å². The topological polar surface area (TPSA) is 18.5 Å². The molecule has 1 saturated heterocycles. The van der Waals surface area contributed by atoms with Crippen LogP contribution in [0.15, 0.2) is 0 Å². The molecule has 1 heterocycles. The summed E-state index contributed by atoms with van der Waals surface area (Å²) in [7, 11) is 0. The molecule has 120 valence electrons. The molecular formula is C18H36O2. The summed E-state index contributed by atoms with van der Waals surface area (Å²) in [5.74, 6) is 1.22. The molecule has 1 aliphatic heterocycles. The first-order valence-electron chi connectivity index (χ1n) is 8.49. The molecule has 2 nitrogen and oxygen atoms in total. The smallest absolute Gasteiger partial charge is 0.165 e. The van der Waals surface area contributed by atoms with Crippen LogP contribution in [0.5, 0.6) is 0 Å². The summed E-state index contributed by atoms with van der Waals surface area (Å²) >= 11 is 0. The second kappa shape index (κ2) is 7.26. The lowest BCUT2D eigenvalue weighted by atomic mass is 9.79. The van der Waals surface area contributed by atoms with Gasteiger partial charge in [0.05, 0.1) is 12.7 Å². The van der Waals surface area contributed by atoms with E-state index in [0.717, 1.165) is 31.3 Å². The molecule has 0 bridgehead atoms. The SMILES string of the molecule is CCC(CC(C)CC1COC(C)(CC)O1)CC(C)(C)C. The van der Waals surface area contributed by atoms with Gasteiger partial charge in [-0.3, -0.25) is 0 Å². The molecule has 1 rings (SSSR count). The van der Waals surface area contributed by atoms with Crippen molar-refractivity contribution in [3.8, 4) is 0 Å². The Morgan fingerprint density at radius 3 is 2.35 bits per heavy atom. The van der Waals surface area contributed by atoms with Crippen molar-refractivity contribution in [2.45, 2.75) is 92.5 Å². The van der Waals surface area contributed by atoms with Gasteiger partial charge in [-0.15, -0.1) is 0 Å². The Balaban J connectivity index is 2.37. The maximum absolute atomic E-state index is 6.06. The summed E-state index contributed by atoms with van der Waals surface area (Å²) in [5.41, 5.74) is 0.439. The van der Waals surface area contributed by atoms with Gasteiger partial charge >= 0.3 is 0 Å². The molecule has 1 fully saturated rings. The van der Waals surface area contributed by atoms with Crippen LogP contribution in [-0.4, -0.2) is 18.5 Å². The van der Waals surface area contributed by atoms with Crippen molar-refractivity contribution in [3.63, 3.8) is 0 Å². The monoisotopic (exact) mass is 284 g/mol. The highest BCUT2D eigenvalue weighted by molar-refractivity contribution is 4.77. The average molecular weight is 284 g/mol. The zero-order chi connectivity index (χ0) is 15.4. The third kappa shape index (κ3) is 6.13. The van der Waals surface area contributed by atoms with E-state index in [2.05, 4.69) is 48.5 Å². The fraction of sp³-hybridized carbons (Fsp3) is 1.00. The Bertz CT molecular complexity index is 282. The van der Waals surface area contributed by atoms with Gasteiger partial charge in [0.2, 0.25) is 0 Å². The highest BCUT2D eigenvalue weighted by atomic mass is 16.7. The van der Waals surface area contributed by atoms with Gasteiger partial charge in [-0.1, -0.05) is 48.0 Å². The number of hydrogen-bond acceptors (Lipinski definition) is 2. The second-order valence-electron chi connectivity index (χ2n) is 8.15. The van der Waals surface area contributed by atoms with Crippen LogP contribution in [0.2, 0.25) is 0 Å². The molecule has 0 amide bonds. The van der Waals surface area contributed by atoms with Crippen molar-refractivity contribution in [1.29, 1.82) is 0 Å². The standard InChI is InChI=1S/C18H36O2/c1-8-15(12-17(4,5)6)10-14(3)11-16-13-19-18(7,9-2)20-16/h14-16H,8-13H2,1-7H3. The normalized spacial score (nSPS) is 30.4. The summed E-state index contributed by atoms with van der Waals surface area (Å²) in [6.45, 7) is 16.7. The highest BCUT2D eigenvalue weighted by Gasteiger charge is 2.36. The summed E-state index contributed by atoms with van der Waals surface area (Å²) in [6, 6.07) is 0. The van der Waals surface area contributed by atoms with E-state index >= 15 is 0 Å².